The second-order valence-electron chi connectivity index (χ2n) is 5.38. The number of hydrogen-bond acceptors (Lipinski definition) is 4. The predicted octanol–water partition coefficient (Wildman–Crippen LogP) is 2.01. The molecule has 3 N–H and O–H groups in total. The lowest BCUT2D eigenvalue weighted by molar-refractivity contribution is 0.0601. The van der Waals surface area contributed by atoms with Crippen LogP contribution in [0.3, 0.4) is 0 Å². The van der Waals surface area contributed by atoms with E-state index in [2.05, 4.69) is 0 Å². The van der Waals surface area contributed by atoms with Crippen molar-refractivity contribution < 1.29 is 13.5 Å². The van der Waals surface area contributed by atoms with Crippen LogP contribution in [0.1, 0.15) is 26.3 Å². The van der Waals surface area contributed by atoms with Gasteiger partial charge in [0.2, 0.25) is 10.0 Å². The van der Waals surface area contributed by atoms with E-state index in [1.807, 2.05) is 0 Å². The summed E-state index contributed by atoms with van der Waals surface area (Å²) in [5.74, 6) is 0. The molecule has 114 valence electrons. The molecule has 0 amide bonds. The summed E-state index contributed by atoms with van der Waals surface area (Å²) in [5.41, 5.74) is 5.32. The molecule has 0 aromatic heterocycles. The summed E-state index contributed by atoms with van der Waals surface area (Å²) < 4.78 is 26.5. The number of hydrogen-bond donors (Lipinski definition) is 2. The van der Waals surface area contributed by atoms with Crippen LogP contribution >= 0.6 is 11.6 Å². The summed E-state index contributed by atoms with van der Waals surface area (Å²) in [6.07, 6.45) is 0. The van der Waals surface area contributed by atoms with E-state index in [1.54, 1.807) is 27.7 Å². The smallest absolute Gasteiger partial charge is 0.243 e. The quantitative estimate of drug-likeness (QED) is 0.813. The van der Waals surface area contributed by atoms with Gasteiger partial charge in [-0.05, 0) is 38.5 Å². The van der Waals surface area contributed by atoms with Crippen LogP contribution in [0.4, 0.5) is 5.69 Å². The van der Waals surface area contributed by atoms with Gasteiger partial charge in [0.15, 0.2) is 0 Å². The van der Waals surface area contributed by atoms with Crippen molar-refractivity contribution in [3.8, 4) is 0 Å². The highest BCUT2D eigenvalue weighted by atomic mass is 35.5. The Bertz CT molecular complexity index is 594. The van der Waals surface area contributed by atoms with Crippen molar-refractivity contribution in [2.24, 2.45) is 0 Å². The molecule has 0 saturated carbocycles. The summed E-state index contributed by atoms with van der Waals surface area (Å²) >= 11 is 5.88. The summed E-state index contributed by atoms with van der Waals surface area (Å²) in [6, 6.07) is 2.89. The van der Waals surface area contributed by atoms with Gasteiger partial charge in [0.25, 0.3) is 0 Å². The molecule has 1 aromatic carbocycles. The minimum absolute atomic E-state index is 0.00774. The molecule has 0 saturated heterocycles. The van der Waals surface area contributed by atoms with E-state index in [0.29, 0.717) is 10.6 Å². The normalized spacial score (nSPS) is 12.9. The first-order valence-corrected chi connectivity index (χ1v) is 8.09. The number of rotatable bonds is 5. The van der Waals surface area contributed by atoms with Gasteiger partial charge >= 0.3 is 0 Å². The minimum Gasteiger partial charge on any atom is -0.397 e. The molecular formula is C13H21ClN2O3S. The van der Waals surface area contributed by atoms with Gasteiger partial charge in [0, 0.05) is 13.1 Å². The first-order chi connectivity index (χ1) is 8.99. The average Bonchev–Trinajstić information content (AvgIpc) is 2.29. The lowest BCUT2D eigenvalue weighted by Crippen LogP contribution is -2.42. The molecule has 0 fully saturated rings. The van der Waals surface area contributed by atoms with Crippen LogP contribution in [-0.4, -0.2) is 36.5 Å². The monoisotopic (exact) mass is 320 g/mol. The largest absolute Gasteiger partial charge is 0.397 e. The van der Waals surface area contributed by atoms with E-state index in [1.165, 1.54) is 16.4 Å². The molecule has 0 unspecified atom stereocenters. The van der Waals surface area contributed by atoms with E-state index >= 15 is 0 Å². The van der Waals surface area contributed by atoms with Crippen molar-refractivity contribution in [2.75, 3.05) is 18.8 Å². The van der Waals surface area contributed by atoms with Crippen molar-refractivity contribution in [1.29, 1.82) is 0 Å². The van der Waals surface area contributed by atoms with Crippen LogP contribution in [0, 0.1) is 6.92 Å². The van der Waals surface area contributed by atoms with Crippen LogP contribution in [0.2, 0.25) is 5.02 Å². The molecule has 5 nitrogen and oxygen atoms in total. The number of halogens is 1. The lowest BCUT2D eigenvalue weighted by Gasteiger charge is -2.28. The highest BCUT2D eigenvalue weighted by Gasteiger charge is 2.29. The summed E-state index contributed by atoms with van der Waals surface area (Å²) in [4.78, 5) is 0.116. The maximum atomic E-state index is 12.6. The number of aryl methyl sites for hydroxylation is 1. The second kappa shape index (κ2) is 5.89. The maximum Gasteiger partial charge on any atom is 0.243 e. The Morgan fingerprint density at radius 2 is 1.95 bits per heavy atom. The van der Waals surface area contributed by atoms with Gasteiger partial charge in [-0.25, -0.2) is 8.42 Å². The van der Waals surface area contributed by atoms with Crippen molar-refractivity contribution in [2.45, 2.75) is 38.2 Å². The van der Waals surface area contributed by atoms with Crippen LogP contribution in [0.25, 0.3) is 0 Å². The first-order valence-electron chi connectivity index (χ1n) is 6.27. The zero-order chi connectivity index (χ0) is 15.7. The molecule has 0 atom stereocenters. The molecule has 0 radical (unpaired) electrons. The number of nitrogen functional groups attached to an aromatic ring is 1. The Kier molecular flexibility index (Phi) is 5.08. The van der Waals surface area contributed by atoms with Crippen LogP contribution in [0.5, 0.6) is 0 Å². The fourth-order valence-corrected chi connectivity index (χ4v) is 3.95. The van der Waals surface area contributed by atoms with Crippen molar-refractivity contribution in [1.82, 2.24) is 4.31 Å². The molecule has 0 aliphatic heterocycles. The van der Waals surface area contributed by atoms with Crippen LogP contribution in [-0.2, 0) is 10.0 Å². The third kappa shape index (κ3) is 3.85. The fourth-order valence-electron chi connectivity index (χ4n) is 1.88. The molecular weight excluding hydrogens is 300 g/mol. The van der Waals surface area contributed by atoms with Gasteiger partial charge in [-0.15, -0.1) is 0 Å². The SMILES string of the molecule is CCN(CC(C)(C)O)S(=O)(=O)c1cc(N)c(Cl)cc1C. The Hall–Kier alpha value is -0.820. The van der Waals surface area contributed by atoms with E-state index < -0.39 is 15.6 Å². The number of anilines is 1. The Morgan fingerprint density at radius 3 is 2.40 bits per heavy atom. The van der Waals surface area contributed by atoms with Gasteiger partial charge in [0.1, 0.15) is 0 Å². The van der Waals surface area contributed by atoms with Crippen LogP contribution < -0.4 is 5.73 Å². The van der Waals surface area contributed by atoms with Crippen molar-refractivity contribution in [3.63, 3.8) is 0 Å². The molecule has 0 aliphatic rings. The highest BCUT2D eigenvalue weighted by molar-refractivity contribution is 7.89. The van der Waals surface area contributed by atoms with Crippen molar-refractivity contribution in [3.05, 3.63) is 22.7 Å². The molecule has 1 rings (SSSR count). The van der Waals surface area contributed by atoms with Crippen LogP contribution in [0.15, 0.2) is 17.0 Å². The van der Waals surface area contributed by atoms with Gasteiger partial charge in [-0.3, -0.25) is 0 Å². The fraction of sp³-hybridized carbons (Fsp3) is 0.538. The predicted molar refractivity (Wildman–Crippen MR) is 81.3 cm³/mol. The number of benzene rings is 1. The van der Waals surface area contributed by atoms with Gasteiger partial charge in [0.05, 0.1) is 21.2 Å². The molecule has 0 aliphatic carbocycles. The second-order valence-corrected chi connectivity index (χ2v) is 7.70. The first kappa shape index (κ1) is 17.2. The standard InChI is InChI=1S/C13H21ClN2O3S/c1-5-16(8-13(3,4)17)20(18,19)12-7-11(15)10(14)6-9(12)2/h6-7,17H,5,8,15H2,1-4H3. The van der Waals surface area contributed by atoms with Gasteiger partial charge in [-0.2, -0.15) is 4.31 Å². The summed E-state index contributed by atoms with van der Waals surface area (Å²) in [6.45, 7) is 6.78. The third-order valence-electron chi connectivity index (χ3n) is 2.83. The molecule has 1 aromatic rings. The molecule has 0 spiro atoms. The van der Waals surface area contributed by atoms with Crippen molar-refractivity contribution >= 4 is 27.3 Å². The molecule has 20 heavy (non-hydrogen) atoms. The number of nitrogens with zero attached hydrogens (tertiary/aromatic N) is 1. The summed E-state index contributed by atoms with van der Waals surface area (Å²) in [7, 11) is -3.72. The number of aliphatic hydroxyl groups is 1. The Labute approximate surface area is 125 Å². The molecule has 0 heterocycles. The van der Waals surface area contributed by atoms with E-state index in [0.717, 1.165) is 0 Å². The number of likely N-dealkylation sites (N-methyl/N-ethyl adjacent to an activating group) is 1. The van der Waals surface area contributed by atoms with Gasteiger partial charge in [-0.1, -0.05) is 18.5 Å². The Balaban J connectivity index is 3.31. The number of nitrogens with two attached hydrogens (primary N) is 1. The third-order valence-corrected chi connectivity index (χ3v) is 5.22. The van der Waals surface area contributed by atoms with Gasteiger partial charge < -0.3 is 10.8 Å². The van der Waals surface area contributed by atoms with E-state index in [-0.39, 0.29) is 23.7 Å². The molecule has 0 bridgehead atoms. The molecule has 7 heteroatoms. The van der Waals surface area contributed by atoms with E-state index in [4.69, 9.17) is 17.3 Å². The van der Waals surface area contributed by atoms with E-state index in [9.17, 15) is 13.5 Å². The topological polar surface area (TPSA) is 83.6 Å². The zero-order valence-corrected chi connectivity index (χ0v) is 13.7. The maximum absolute atomic E-state index is 12.6. The minimum atomic E-state index is -3.72. The lowest BCUT2D eigenvalue weighted by atomic mass is 10.1. The number of sulfonamides is 1. The summed E-state index contributed by atoms with van der Waals surface area (Å²) in [5, 5.41) is 10.2. The highest BCUT2D eigenvalue weighted by Crippen LogP contribution is 2.28. The zero-order valence-electron chi connectivity index (χ0n) is 12.1. The average molecular weight is 321 g/mol. The Morgan fingerprint density at radius 1 is 1.40 bits per heavy atom.